The second-order valence-electron chi connectivity index (χ2n) is 4.43. The average molecular weight is 184 g/mol. The molecule has 1 rings (SSSR count). The third-order valence-corrected chi connectivity index (χ3v) is 2.73. The third kappa shape index (κ3) is 4.10. The normalized spacial score (nSPS) is 21.2. The van der Waals surface area contributed by atoms with Gasteiger partial charge in [0.25, 0.3) is 0 Å². The predicted octanol–water partition coefficient (Wildman–Crippen LogP) is 2.25. The van der Waals surface area contributed by atoms with Gasteiger partial charge >= 0.3 is 0 Å². The zero-order chi connectivity index (χ0) is 9.68. The highest BCUT2D eigenvalue weighted by Gasteiger charge is 2.17. The molecule has 0 aromatic carbocycles. The lowest BCUT2D eigenvalue weighted by molar-refractivity contribution is 0.341. The first-order valence-corrected chi connectivity index (χ1v) is 5.74. The fraction of sp³-hybridized carbons (Fsp3) is 1.00. The van der Waals surface area contributed by atoms with Gasteiger partial charge in [0, 0.05) is 12.1 Å². The van der Waals surface area contributed by atoms with Crippen molar-refractivity contribution < 1.29 is 0 Å². The van der Waals surface area contributed by atoms with Crippen molar-refractivity contribution in [2.24, 2.45) is 0 Å². The summed E-state index contributed by atoms with van der Waals surface area (Å²) in [5, 5.41) is 7.23. The van der Waals surface area contributed by atoms with Crippen LogP contribution in [0.25, 0.3) is 0 Å². The van der Waals surface area contributed by atoms with Crippen LogP contribution in [0.3, 0.4) is 0 Å². The van der Waals surface area contributed by atoms with Gasteiger partial charge in [-0.2, -0.15) is 0 Å². The van der Waals surface area contributed by atoms with Gasteiger partial charge in [-0.3, -0.25) is 10.6 Å². The predicted molar refractivity (Wildman–Crippen MR) is 57.7 cm³/mol. The van der Waals surface area contributed by atoms with Crippen molar-refractivity contribution in [3.05, 3.63) is 0 Å². The summed E-state index contributed by atoms with van der Waals surface area (Å²) in [7, 11) is 0. The SMILES string of the molecule is CCC(NC(C)C)NC1CCCC1. The molecule has 2 N–H and O–H groups in total. The van der Waals surface area contributed by atoms with Gasteiger partial charge < -0.3 is 0 Å². The molecule has 1 unspecified atom stereocenters. The van der Waals surface area contributed by atoms with Crippen molar-refractivity contribution in [3.8, 4) is 0 Å². The van der Waals surface area contributed by atoms with Crippen LogP contribution in [0.4, 0.5) is 0 Å². The van der Waals surface area contributed by atoms with E-state index in [2.05, 4.69) is 31.4 Å². The van der Waals surface area contributed by atoms with Gasteiger partial charge in [-0.15, -0.1) is 0 Å². The molecular weight excluding hydrogens is 160 g/mol. The van der Waals surface area contributed by atoms with E-state index in [1.807, 2.05) is 0 Å². The molecule has 1 atom stereocenters. The molecule has 1 aliphatic carbocycles. The molecule has 1 aliphatic rings. The van der Waals surface area contributed by atoms with Gasteiger partial charge in [0.15, 0.2) is 0 Å². The fourth-order valence-corrected chi connectivity index (χ4v) is 2.06. The quantitative estimate of drug-likeness (QED) is 0.640. The Bertz CT molecular complexity index is 128. The molecule has 1 saturated carbocycles. The lowest BCUT2D eigenvalue weighted by Gasteiger charge is -2.24. The van der Waals surface area contributed by atoms with Crippen LogP contribution in [0, 0.1) is 0 Å². The fourth-order valence-electron chi connectivity index (χ4n) is 2.06. The molecule has 0 amide bonds. The molecular formula is C11H24N2. The largest absolute Gasteiger partial charge is 0.300 e. The van der Waals surface area contributed by atoms with E-state index in [4.69, 9.17) is 0 Å². The summed E-state index contributed by atoms with van der Waals surface area (Å²) in [6, 6.07) is 1.36. The van der Waals surface area contributed by atoms with Crippen molar-refractivity contribution in [3.63, 3.8) is 0 Å². The second kappa shape index (κ2) is 5.61. The van der Waals surface area contributed by atoms with E-state index in [1.165, 1.54) is 32.1 Å². The number of hydrogen-bond acceptors (Lipinski definition) is 2. The summed E-state index contributed by atoms with van der Waals surface area (Å²) in [6.45, 7) is 6.65. The molecule has 13 heavy (non-hydrogen) atoms. The maximum absolute atomic E-state index is 3.69. The Balaban J connectivity index is 2.21. The Morgan fingerprint density at radius 3 is 2.31 bits per heavy atom. The summed E-state index contributed by atoms with van der Waals surface area (Å²) in [4.78, 5) is 0. The Labute approximate surface area is 82.5 Å². The van der Waals surface area contributed by atoms with Crippen molar-refractivity contribution in [2.75, 3.05) is 0 Å². The topological polar surface area (TPSA) is 24.1 Å². The Kier molecular flexibility index (Phi) is 4.74. The zero-order valence-electron chi connectivity index (χ0n) is 9.27. The number of hydrogen-bond donors (Lipinski definition) is 2. The van der Waals surface area contributed by atoms with Crippen LogP contribution >= 0.6 is 0 Å². The van der Waals surface area contributed by atoms with E-state index in [1.54, 1.807) is 0 Å². The minimum Gasteiger partial charge on any atom is -0.300 e. The molecule has 0 spiro atoms. The molecule has 0 aromatic rings. The smallest absolute Gasteiger partial charge is 0.0573 e. The second-order valence-corrected chi connectivity index (χ2v) is 4.43. The molecule has 0 aliphatic heterocycles. The Morgan fingerprint density at radius 2 is 1.85 bits per heavy atom. The Morgan fingerprint density at radius 1 is 1.23 bits per heavy atom. The van der Waals surface area contributed by atoms with E-state index in [0.29, 0.717) is 12.2 Å². The lowest BCUT2D eigenvalue weighted by Crippen LogP contribution is -2.48. The van der Waals surface area contributed by atoms with Gasteiger partial charge in [0.2, 0.25) is 0 Å². The lowest BCUT2D eigenvalue weighted by atomic mass is 10.2. The van der Waals surface area contributed by atoms with E-state index in [-0.39, 0.29) is 0 Å². The van der Waals surface area contributed by atoms with Crippen LogP contribution < -0.4 is 10.6 Å². The first kappa shape index (κ1) is 11.0. The molecule has 0 aromatic heterocycles. The van der Waals surface area contributed by atoms with Crippen LogP contribution in [-0.2, 0) is 0 Å². The maximum atomic E-state index is 3.69. The van der Waals surface area contributed by atoms with E-state index in [0.717, 1.165) is 6.04 Å². The average Bonchev–Trinajstić information content (AvgIpc) is 2.55. The first-order valence-electron chi connectivity index (χ1n) is 5.74. The van der Waals surface area contributed by atoms with Crippen LogP contribution in [0.15, 0.2) is 0 Å². The van der Waals surface area contributed by atoms with Crippen molar-refractivity contribution >= 4 is 0 Å². The van der Waals surface area contributed by atoms with Crippen LogP contribution in [-0.4, -0.2) is 18.2 Å². The van der Waals surface area contributed by atoms with Crippen molar-refractivity contribution in [2.45, 2.75) is 71.1 Å². The number of nitrogens with one attached hydrogen (secondary N) is 2. The zero-order valence-corrected chi connectivity index (χ0v) is 9.27. The molecule has 78 valence electrons. The van der Waals surface area contributed by atoms with Crippen LogP contribution in [0.2, 0.25) is 0 Å². The molecule has 0 radical (unpaired) electrons. The minimum atomic E-state index is 0.517. The molecule has 1 fully saturated rings. The molecule has 0 saturated heterocycles. The van der Waals surface area contributed by atoms with Gasteiger partial charge in [-0.25, -0.2) is 0 Å². The maximum Gasteiger partial charge on any atom is 0.0573 e. The highest BCUT2D eigenvalue weighted by molar-refractivity contribution is 4.77. The summed E-state index contributed by atoms with van der Waals surface area (Å²) >= 11 is 0. The van der Waals surface area contributed by atoms with E-state index < -0.39 is 0 Å². The molecule has 0 heterocycles. The van der Waals surface area contributed by atoms with Gasteiger partial charge in [-0.05, 0) is 33.1 Å². The monoisotopic (exact) mass is 184 g/mol. The van der Waals surface area contributed by atoms with Crippen molar-refractivity contribution in [1.29, 1.82) is 0 Å². The number of rotatable bonds is 5. The van der Waals surface area contributed by atoms with Crippen molar-refractivity contribution in [1.82, 2.24) is 10.6 Å². The Hall–Kier alpha value is -0.0800. The highest BCUT2D eigenvalue weighted by atomic mass is 15.1. The minimum absolute atomic E-state index is 0.517. The standard InChI is InChI=1S/C11H24N2/c1-4-11(12-9(2)3)13-10-7-5-6-8-10/h9-13H,4-8H2,1-3H3. The third-order valence-electron chi connectivity index (χ3n) is 2.73. The highest BCUT2D eigenvalue weighted by Crippen LogP contribution is 2.18. The van der Waals surface area contributed by atoms with Gasteiger partial charge in [0.1, 0.15) is 0 Å². The van der Waals surface area contributed by atoms with E-state index >= 15 is 0 Å². The molecule has 0 bridgehead atoms. The summed E-state index contributed by atoms with van der Waals surface area (Å²) in [5.74, 6) is 0. The van der Waals surface area contributed by atoms with Crippen LogP contribution in [0.1, 0.15) is 52.9 Å². The van der Waals surface area contributed by atoms with E-state index in [9.17, 15) is 0 Å². The summed E-state index contributed by atoms with van der Waals surface area (Å²) in [6.07, 6.45) is 7.26. The first-order chi connectivity index (χ1) is 6.22. The summed E-state index contributed by atoms with van der Waals surface area (Å²) < 4.78 is 0. The summed E-state index contributed by atoms with van der Waals surface area (Å²) in [5.41, 5.74) is 0. The van der Waals surface area contributed by atoms with Gasteiger partial charge in [0.05, 0.1) is 6.17 Å². The molecule has 2 heteroatoms. The molecule has 2 nitrogen and oxygen atoms in total. The van der Waals surface area contributed by atoms with Crippen LogP contribution in [0.5, 0.6) is 0 Å². The van der Waals surface area contributed by atoms with Gasteiger partial charge in [-0.1, -0.05) is 19.8 Å².